The van der Waals surface area contributed by atoms with Crippen molar-refractivity contribution in [3.05, 3.63) is 29.3 Å². The maximum Gasteiger partial charge on any atom is 0.416 e. The van der Waals surface area contributed by atoms with Gasteiger partial charge in [-0.15, -0.1) is 0 Å². The zero-order chi connectivity index (χ0) is 13.9. The Morgan fingerprint density at radius 1 is 1.28 bits per heavy atom. The van der Waals surface area contributed by atoms with Gasteiger partial charge in [-0.2, -0.15) is 13.2 Å². The van der Waals surface area contributed by atoms with Gasteiger partial charge in [-0.1, -0.05) is 6.07 Å². The van der Waals surface area contributed by atoms with E-state index in [0.29, 0.717) is 0 Å². The summed E-state index contributed by atoms with van der Waals surface area (Å²) >= 11 is 0. The van der Waals surface area contributed by atoms with Crippen LogP contribution in [-0.4, -0.2) is 19.0 Å². The summed E-state index contributed by atoms with van der Waals surface area (Å²) in [5.74, 6) is -2.31. The minimum atomic E-state index is -4.52. The molecular weight excluding hydrogens is 251 g/mol. The van der Waals surface area contributed by atoms with Gasteiger partial charge in [-0.25, -0.2) is 4.79 Å². The first-order valence-corrected chi connectivity index (χ1v) is 4.83. The van der Waals surface area contributed by atoms with Crippen molar-refractivity contribution in [3.8, 4) is 0 Å². The number of benzene rings is 1. The first-order chi connectivity index (χ1) is 8.25. The Bertz CT molecular complexity index is 483. The molecule has 1 rings (SSSR count). The highest BCUT2D eigenvalue weighted by Crippen LogP contribution is 2.33. The second kappa shape index (κ2) is 5.07. The highest BCUT2D eigenvalue weighted by molar-refractivity contribution is 6.37. The molecule has 1 amide bonds. The Hall–Kier alpha value is -2.05. The molecule has 1 N–H and O–H groups in total. The molecule has 0 aliphatic carbocycles. The number of nitrogens with one attached hydrogen (secondary N) is 1. The van der Waals surface area contributed by atoms with Gasteiger partial charge in [0.15, 0.2) is 0 Å². The van der Waals surface area contributed by atoms with Crippen LogP contribution in [0.3, 0.4) is 0 Å². The van der Waals surface area contributed by atoms with E-state index in [4.69, 9.17) is 0 Å². The Morgan fingerprint density at radius 2 is 1.89 bits per heavy atom. The van der Waals surface area contributed by atoms with E-state index in [2.05, 4.69) is 4.74 Å². The molecule has 7 heteroatoms. The molecule has 0 radical (unpaired) electrons. The van der Waals surface area contributed by atoms with Crippen LogP contribution in [0.1, 0.15) is 11.1 Å². The zero-order valence-electron chi connectivity index (χ0n) is 9.59. The van der Waals surface area contributed by atoms with Crippen molar-refractivity contribution >= 4 is 17.6 Å². The van der Waals surface area contributed by atoms with E-state index in [-0.39, 0.29) is 11.3 Å². The molecule has 0 spiro atoms. The number of ether oxygens (including phenoxy) is 1. The smallest absolute Gasteiger partial charge is 0.416 e. The largest absolute Gasteiger partial charge is 0.462 e. The first kappa shape index (κ1) is 14.0. The molecule has 1 aromatic rings. The van der Waals surface area contributed by atoms with Gasteiger partial charge >= 0.3 is 18.1 Å². The number of hydrogen-bond acceptors (Lipinski definition) is 3. The van der Waals surface area contributed by atoms with Crippen LogP contribution in [0, 0.1) is 6.92 Å². The lowest BCUT2D eigenvalue weighted by Gasteiger charge is -2.12. The van der Waals surface area contributed by atoms with Crippen molar-refractivity contribution in [2.75, 3.05) is 12.4 Å². The van der Waals surface area contributed by atoms with E-state index in [1.165, 1.54) is 19.1 Å². The second-order valence-corrected chi connectivity index (χ2v) is 3.47. The molecule has 0 fully saturated rings. The molecule has 0 aromatic heterocycles. The van der Waals surface area contributed by atoms with Crippen molar-refractivity contribution in [1.82, 2.24) is 0 Å². The third kappa shape index (κ3) is 3.22. The molecular formula is C11H10F3NO3. The van der Waals surface area contributed by atoms with Crippen molar-refractivity contribution in [1.29, 1.82) is 0 Å². The number of carbonyl (C=O) groups excluding carboxylic acids is 2. The number of methoxy groups -OCH3 is 1. The van der Waals surface area contributed by atoms with E-state index in [1.807, 2.05) is 5.32 Å². The summed E-state index contributed by atoms with van der Waals surface area (Å²) in [5.41, 5.74) is -0.966. The number of carbonyl (C=O) groups is 2. The number of amides is 1. The summed E-state index contributed by atoms with van der Waals surface area (Å²) < 4.78 is 41.9. The summed E-state index contributed by atoms with van der Waals surface area (Å²) in [6, 6.07) is 3.23. The van der Waals surface area contributed by atoms with Gasteiger partial charge in [-0.05, 0) is 24.6 Å². The average Bonchev–Trinajstić information content (AvgIpc) is 2.29. The third-order valence-corrected chi connectivity index (χ3v) is 2.17. The predicted octanol–water partition coefficient (Wildman–Crippen LogP) is 2.13. The number of halogens is 3. The van der Waals surface area contributed by atoms with Crippen LogP contribution in [0.2, 0.25) is 0 Å². The van der Waals surface area contributed by atoms with Crippen LogP contribution in [0.4, 0.5) is 18.9 Å². The fourth-order valence-corrected chi connectivity index (χ4v) is 1.28. The predicted molar refractivity (Wildman–Crippen MR) is 56.8 cm³/mol. The van der Waals surface area contributed by atoms with Gasteiger partial charge in [0, 0.05) is 5.69 Å². The van der Waals surface area contributed by atoms with Gasteiger partial charge in [0.05, 0.1) is 12.7 Å². The zero-order valence-corrected chi connectivity index (χ0v) is 9.59. The second-order valence-electron chi connectivity index (χ2n) is 3.47. The van der Waals surface area contributed by atoms with Gasteiger partial charge in [0.2, 0.25) is 0 Å². The maximum atomic E-state index is 12.6. The molecule has 4 nitrogen and oxygen atoms in total. The summed E-state index contributed by atoms with van der Waals surface area (Å²) in [4.78, 5) is 21.9. The van der Waals surface area contributed by atoms with Crippen molar-refractivity contribution < 1.29 is 27.5 Å². The molecule has 0 atom stereocenters. The number of alkyl halides is 3. The highest BCUT2D eigenvalue weighted by Gasteiger charge is 2.32. The van der Waals surface area contributed by atoms with Crippen molar-refractivity contribution in [2.45, 2.75) is 13.1 Å². The average molecular weight is 261 g/mol. The summed E-state index contributed by atoms with van der Waals surface area (Å²) in [5, 5.41) is 2.02. The summed E-state index contributed by atoms with van der Waals surface area (Å²) in [6.07, 6.45) is -4.52. The minimum Gasteiger partial charge on any atom is -0.462 e. The number of rotatable bonds is 1. The van der Waals surface area contributed by atoms with E-state index < -0.39 is 23.6 Å². The lowest BCUT2D eigenvalue weighted by atomic mass is 10.1. The van der Waals surface area contributed by atoms with Gasteiger partial charge in [0.25, 0.3) is 0 Å². The SMILES string of the molecule is COC(=O)C(=O)Nc1ccc(C)c(C(F)(F)F)c1. The highest BCUT2D eigenvalue weighted by atomic mass is 19.4. The summed E-state index contributed by atoms with van der Waals surface area (Å²) in [7, 11) is 0.998. The molecule has 0 saturated carbocycles. The van der Waals surface area contributed by atoms with Crippen LogP contribution in [0.15, 0.2) is 18.2 Å². The molecule has 1 aromatic carbocycles. The normalized spacial score (nSPS) is 10.9. The molecule has 0 heterocycles. The monoisotopic (exact) mass is 261 g/mol. The Kier molecular flexibility index (Phi) is 3.95. The van der Waals surface area contributed by atoms with Crippen LogP contribution in [0.25, 0.3) is 0 Å². The number of aryl methyl sites for hydroxylation is 1. The standard InChI is InChI=1S/C11H10F3NO3/c1-6-3-4-7(5-8(6)11(12,13)14)15-9(16)10(17)18-2/h3-5H,1-2H3,(H,15,16). The topological polar surface area (TPSA) is 55.4 Å². The van der Waals surface area contributed by atoms with Gasteiger partial charge in [0.1, 0.15) is 0 Å². The molecule has 0 aliphatic heterocycles. The fraction of sp³-hybridized carbons (Fsp3) is 0.273. The molecule has 18 heavy (non-hydrogen) atoms. The van der Waals surface area contributed by atoms with E-state index >= 15 is 0 Å². The molecule has 98 valence electrons. The van der Waals surface area contributed by atoms with E-state index in [9.17, 15) is 22.8 Å². The molecule has 0 saturated heterocycles. The Balaban J connectivity index is 3.00. The van der Waals surface area contributed by atoms with Crippen LogP contribution < -0.4 is 5.32 Å². The lowest BCUT2D eigenvalue weighted by molar-refractivity contribution is -0.150. The maximum absolute atomic E-state index is 12.6. The van der Waals surface area contributed by atoms with Gasteiger partial charge in [-0.3, -0.25) is 4.79 Å². The summed E-state index contributed by atoms with van der Waals surface area (Å²) in [6.45, 7) is 1.30. The number of esters is 1. The van der Waals surface area contributed by atoms with Crippen LogP contribution in [0.5, 0.6) is 0 Å². The first-order valence-electron chi connectivity index (χ1n) is 4.83. The third-order valence-electron chi connectivity index (χ3n) is 2.17. The minimum absolute atomic E-state index is 0.0265. The lowest BCUT2D eigenvalue weighted by Crippen LogP contribution is -2.24. The van der Waals surface area contributed by atoms with Gasteiger partial charge < -0.3 is 10.1 Å². The quantitative estimate of drug-likeness (QED) is 0.622. The van der Waals surface area contributed by atoms with Crippen LogP contribution in [-0.2, 0) is 20.5 Å². The van der Waals surface area contributed by atoms with Crippen molar-refractivity contribution in [2.24, 2.45) is 0 Å². The Labute approximate surface area is 101 Å². The van der Waals surface area contributed by atoms with E-state index in [1.54, 1.807) is 0 Å². The molecule has 0 bridgehead atoms. The Morgan fingerprint density at radius 3 is 2.39 bits per heavy atom. The molecule has 0 unspecified atom stereocenters. The van der Waals surface area contributed by atoms with Crippen LogP contribution >= 0.6 is 0 Å². The number of hydrogen-bond donors (Lipinski definition) is 1. The molecule has 0 aliphatic rings. The van der Waals surface area contributed by atoms with Crippen molar-refractivity contribution in [3.63, 3.8) is 0 Å². The van der Waals surface area contributed by atoms with E-state index in [0.717, 1.165) is 13.2 Å². The fourth-order valence-electron chi connectivity index (χ4n) is 1.28. The number of anilines is 1.